The third-order valence-corrected chi connectivity index (χ3v) is 5.87. The number of amides is 1. The maximum absolute atomic E-state index is 13.5. The van der Waals surface area contributed by atoms with Crippen molar-refractivity contribution < 1.29 is 17.6 Å². The Hall–Kier alpha value is -1.43. The van der Waals surface area contributed by atoms with E-state index in [1.54, 1.807) is 6.07 Å². The van der Waals surface area contributed by atoms with Crippen LogP contribution in [-0.2, 0) is 14.6 Å². The number of halogens is 1. The summed E-state index contributed by atoms with van der Waals surface area (Å²) in [6, 6.07) is 5.91. The number of para-hydroxylation sites is 1. The quantitative estimate of drug-likeness (QED) is 0.743. The van der Waals surface area contributed by atoms with Gasteiger partial charge >= 0.3 is 0 Å². The van der Waals surface area contributed by atoms with Crippen LogP contribution < -0.4 is 4.90 Å². The van der Waals surface area contributed by atoms with Crippen molar-refractivity contribution in [3.8, 4) is 0 Å². The summed E-state index contributed by atoms with van der Waals surface area (Å²) in [5, 5.41) is -1.48. The first-order chi connectivity index (χ1) is 8.01. The minimum absolute atomic E-state index is 0.0681. The topological polar surface area (TPSA) is 54.5 Å². The highest BCUT2D eigenvalue weighted by Gasteiger charge is 2.57. The SMILES string of the molecule is O=C1C2CC(CN1c1ccccc1F)S2(=O)=O. The van der Waals surface area contributed by atoms with E-state index in [9.17, 15) is 17.6 Å². The first-order valence-corrected chi connectivity index (χ1v) is 6.91. The second kappa shape index (κ2) is 3.29. The molecule has 2 unspecified atom stereocenters. The van der Waals surface area contributed by atoms with Crippen LogP contribution in [0.3, 0.4) is 0 Å². The lowest BCUT2D eigenvalue weighted by atomic mass is 10.1. The molecule has 3 aliphatic rings. The zero-order chi connectivity index (χ0) is 12.2. The second-order valence-electron chi connectivity index (χ2n) is 4.34. The molecular formula is C11H10FNO3S. The normalized spacial score (nSPS) is 29.9. The molecule has 0 saturated carbocycles. The molecule has 3 saturated heterocycles. The molecule has 6 heteroatoms. The monoisotopic (exact) mass is 255 g/mol. The van der Waals surface area contributed by atoms with Gasteiger partial charge in [0.2, 0.25) is 5.91 Å². The van der Waals surface area contributed by atoms with Crippen molar-refractivity contribution in [2.75, 3.05) is 11.4 Å². The Morgan fingerprint density at radius 2 is 2.00 bits per heavy atom. The standard InChI is InChI=1S/C11H10FNO3S/c12-8-3-1-2-4-9(8)13-6-7-5-10(11(13)14)17(7,15)16/h1-4,7,10H,5-6H2. The summed E-state index contributed by atoms with van der Waals surface area (Å²) in [6.45, 7) is 0.0681. The fourth-order valence-electron chi connectivity index (χ4n) is 2.39. The lowest BCUT2D eigenvalue weighted by Gasteiger charge is -2.45. The molecule has 0 N–H and O–H groups in total. The number of hydrogen-bond donors (Lipinski definition) is 0. The number of hydrogen-bond acceptors (Lipinski definition) is 3. The van der Waals surface area contributed by atoms with Crippen LogP contribution in [-0.4, -0.2) is 31.4 Å². The van der Waals surface area contributed by atoms with Gasteiger partial charge in [0.1, 0.15) is 11.1 Å². The van der Waals surface area contributed by atoms with E-state index in [4.69, 9.17) is 0 Å². The van der Waals surface area contributed by atoms with E-state index in [1.807, 2.05) is 0 Å². The van der Waals surface area contributed by atoms with E-state index in [0.717, 1.165) is 0 Å². The zero-order valence-corrected chi connectivity index (χ0v) is 9.65. The summed E-state index contributed by atoms with van der Waals surface area (Å²) in [7, 11) is -3.28. The van der Waals surface area contributed by atoms with Crippen molar-refractivity contribution in [3.05, 3.63) is 30.1 Å². The molecule has 1 aromatic carbocycles. The van der Waals surface area contributed by atoms with Gasteiger partial charge in [-0.05, 0) is 18.6 Å². The fraction of sp³-hybridized carbons (Fsp3) is 0.364. The minimum atomic E-state index is -3.28. The Bertz CT molecular complexity index is 598. The number of anilines is 1. The van der Waals surface area contributed by atoms with Gasteiger partial charge < -0.3 is 4.90 Å². The third-order valence-electron chi connectivity index (χ3n) is 3.41. The molecule has 2 atom stereocenters. The van der Waals surface area contributed by atoms with Crippen LogP contribution in [0.5, 0.6) is 0 Å². The Labute approximate surface area is 98.0 Å². The Morgan fingerprint density at radius 3 is 2.59 bits per heavy atom. The largest absolute Gasteiger partial charge is 0.307 e. The van der Waals surface area contributed by atoms with Crippen molar-refractivity contribution in [1.82, 2.24) is 0 Å². The maximum Gasteiger partial charge on any atom is 0.245 e. The van der Waals surface area contributed by atoms with Gasteiger partial charge in [0.15, 0.2) is 9.84 Å². The number of carbonyl (C=O) groups is 1. The van der Waals surface area contributed by atoms with E-state index in [2.05, 4.69) is 0 Å². The highest BCUT2D eigenvalue weighted by atomic mass is 32.2. The van der Waals surface area contributed by atoms with Gasteiger partial charge in [-0.25, -0.2) is 12.8 Å². The molecule has 2 bridgehead atoms. The summed E-state index contributed by atoms with van der Waals surface area (Å²) in [6.07, 6.45) is 0.381. The minimum Gasteiger partial charge on any atom is -0.307 e. The number of piperidine rings is 1. The Kier molecular flexibility index (Phi) is 2.07. The van der Waals surface area contributed by atoms with Crippen LogP contribution in [0.4, 0.5) is 10.1 Å². The summed E-state index contributed by atoms with van der Waals surface area (Å²) in [5.74, 6) is -1.00. The van der Waals surface area contributed by atoms with Gasteiger partial charge in [0.05, 0.1) is 10.9 Å². The van der Waals surface area contributed by atoms with Gasteiger partial charge in [-0.15, -0.1) is 0 Å². The number of fused-ring (bicyclic) bond motifs is 2. The predicted octanol–water partition coefficient (Wildman–Crippen LogP) is 0.728. The van der Waals surface area contributed by atoms with Crippen LogP contribution in [0.15, 0.2) is 24.3 Å². The van der Waals surface area contributed by atoms with Crippen LogP contribution in [0.1, 0.15) is 6.42 Å². The maximum atomic E-state index is 13.5. The molecule has 3 fully saturated rings. The molecule has 90 valence electrons. The summed E-state index contributed by atoms with van der Waals surface area (Å²) in [4.78, 5) is 13.2. The molecule has 1 amide bonds. The average Bonchev–Trinajstić information content (AvgIpc) is 2.29. The molecule has 0 aromatic heterocycles. The van der Waals surface area contributed by atoms with Crippen LogP contribution in [0.25, 0.3) is 0 Å². The van der Waals surface area contributed by atoms with Crippen LogP contribution >= 0.6 is 0 Å². The van der Waals surface area contributed by atoms with E-state index in [-0.39, 0.29) is 12.2 Å². The molecule has 3 aliphatic heterocycles. The summed E-state index contributed by atoms with van der Waals surface area (Å²) in [5.41, 5.74) is 0.169. The smallest absolute Gasteiger partial charge is 0.245 e. The summed E-state index contributed by atoms with van der Waals surface area (Å²) < 4.78 is 36.7. The van der Waals surface area contributed by atoms with Crippen LogP contribution in [0, 0.1) is 5.82 Å². The van der Waals surface area contributed by atoms with Crippen molar-refractivity contribution in [2.24, 2.45) is 0 Å². The summed E-state index contributed by atoms with van der Waals surface area (Å²) >= 11 is 0. The number of sulfone groups is 1. The van der Waals surface area contributed by atoms with Crippen LogP contribution in [0.2, 0.25) is 0 Å². The first kappa shape index (κ1) is 10.7. The van der Waals surface area contributed by atoms with Crippen molar-refractivity contribution in [1.29, 1.82) is 0 Å². The van der Waals surface area contributed by atoms with Crippen molar-refractivity contribution in [3.63, 3.8) is 0 Å². The molecule has 0 aliphatic carbocycles. The third kappa shape index (κ3) is 1.33. The first-order valence-electron chi connectivity index (χ1n) is 5.30. The van der Waals surface area contributed by atoms with E-state index in [1.165, 1.54) is 23.1 Å². The van der Waals surface area contributed by atoms with E-state index < -0.39 is 32.1 Å². The van der Waals surface area contributed by atoms with E-state index in [0.29, 0.717) is 6.42 Å². The van der Waals surface area contributed by atoms with Crippen molar-refractivity contribution >= 4 is 21.4 Å². The Morgan fingerprint density at radius 1 is 1.29 bits per heavy atom. The lowest BCUT2D eigenvalue weighted by molar-refractivity contribution is -0.119. The number of rotatable bonds is 1. The molecule has 4 rings (SSSR count). The Balaban J connectivity index is 1.99. The van der Waals surface area contributed by atoms with Gasteiger partial charge in [0, 0.05) is 6.54 Å². The lowest BCUT2D eigenvalue weighted by Crippen LogP contribution is -2.65. The fourth-order valence-corrected chi connectivity index (χ4v) is 4.22. The molecule has 1 aromatic rings. The molecule has 3 heterocycles. The van der Waals surface area contributed by atoms with Gasteiger partial charge in [-0.1, -0.05) is 12.1 Å². The predicted molar refractivity (Wildman–Crippen MR) is 59.9 cm³/mol. The molecule has 4 nitrogen and oxygen atoms in total. The zero-order valence-electron chi connectivity index (χ0n) is 8.84. The van der Waals surface area contributed by atoms with Crippen molar-refractivity contribution in [2.45, 2.75) is 16.9 Å². The number of benzene rings is 1. The van der Waals surface area contributed by atoms with Gasteiger partial charge in [0.25, 0.3) is 0 Å². The second-order valence-corrected chi connectivity index (χ2v) is 6.75. The molecular weight excluding hydrogens is 245 g/mol. The van der Waals surface area contributed by atoms with E-state index >= 15 is 0 Å². The average molecular weight is 255 g/mol. The molecule has 17 heavy (non-hydrogen) atoms. The highest BCUT2D eigenvalue weighted by Crippen LogP contribution is 2.38. The number of carbonyl (C=O) groups excluding carboxylic acids is 1. The molecule has 0 radical (unpaired) electrons. The van der Waals surface area contributed by atoms with Gasteiger partial charge in [-0.3, -0.25) is 4.79 Å². The van der Waals surface area contributed by atoms with Gasteiger partial charge in [-0.2, -0.15) is 0 Å². The highest BCUT2D eigenvalue weighted by molar-refractivity contribution is 7.95. The molecule has 0 spiro atoms. The number of nitrogens with zero attached hydrogens (tertiary/aromatic N) is 1.